The maximum atomic E-state index is 12.5. The van der Waals surface area contributed by atoms with Crippen LogP contribution in [0.25, 0.3) is 0 Å². The third-order valence-corrected chi connectivity index (χ3v) is 4.48. The SMILES string of the molecule is C=C1NC(=S)N[C@H](c2cc(Br)ccc2OCC(=O)OCC)[C@H]1C(=O)OCC. The van der Waals surface area contributed by atoms with Gasteiger partial charge in [-0.2, -0.15) is 0 Å². The van der Waals surface area contributed by atoms with E-state index in [2.05, 4.69) is 33.1 Å². The van der Waals surface area contributed by atoms with Crippen molar-refractivity contribution in [2.24, 2.45) is 5.92 Å². The van der Waals surface area contributed by atoms with Crippen molar-refractivity contribution in [3.8, 4) is 5.75 Å². The van der Waals surface area contributed by atoms with E-state index in [0.29, 0.717) is 22.1 Å². The first-order valence-electron chi connectivity index (χ1n) is 8.38. The fraction of sp³-hybridized carbons (Fsp3) is 0.389. The molecule has 1 aliphatic heterocycles. The van der Waals surface area contributed by atoms with E-state index >= 15 is 0 Å². The van der Waals surface area contributed by atoms with Crippen molar-refractivity contribution in [3.05, 3.63) is 40.5 Å². The Balaban J connectivity index is 2.37. The number of rotatable bonds is 7. The zero-order valence-electron chi connectivity index (χ0n) is 15.0. The van der Waals surface area contributed by atoms with Crippen LogP contribution in [0, 0.1) is 5.92 Å². The summed E-state index contributed by atoms with van der Waals surface area (Å²) >= 11 is 8.64. The molecule has 1 fully saturated rings. The highest BCUT2D eigenvalue weighted by Crippen LogP contribution is 2.37. The molecule has 2 N–H and O–H groups in total. The maximum absolute atomic E-state index is 12.5. The molecular formula is C18H21BrN2O5S. The second-order valence-electron chi connectivity index (χ2n) is 5.61. The van der Waals surface area contributed by atoms with E-state index in [1.807, 2.05) is 0 Å². The standard InChI is InChI=1S/C18H21BrN2O5S/c1-4-24-14(22)9-26-13-7-6-11(19)8-12(13)16-15(17(23)25-5-2)10(3)20-18(27)21-16/h6-8,15-16H,3-5,9H2,1-2H3,(H2,20,21,27)/t15-,16+/m0/s1. The van der Waals surface area contributed by atoms with E-state index in [4.69, 9.17) is 26.4 Å². The Labute approximate surface area is 171 Å². The van der Waals surface area contributed by atoms with Crippen LogP contribution < -0.4 is 15.4 Å². The predicted octanol–water partition coefficient (Wildman–Crippen LogP) is 2.60. The van der Waals surface area contributed by atoms with Gasteiger partial charge in [0.2, 0.25) is 0 Å². The van der Waals surface area contributed by atoms with Crippen LogP contribution in [0.4, 0.5) is 0 Å². The van der Waals surface area contributed by atoms with Crippen LogP contribution in [0.1, 0.15) is 25.5 Å². The highest BCUT2D eigenvalue weighted by Gasteiger charge is 2.39. The van der Waals surface area contributed by atoms with E-state index in [0.717, 1.165) is 4.47 Å². The van der Waals surface area contributed by atoms with Gasteiger partial charge in [0.1, 0.15) is 11.7 Å². The van der Waals surface area contributed by atoms with Gasteiger partial charge in [0.15, 0.2) is 11.7 Å². The summed E-state index contributed by atoms with van der Waals surface area (Å²) in [5, 5.41) is 6.28. The molecule has 1 aliphatic rings. The first kappa shape index (κ1) is 21.2. The second kappa shape index (κ2) is 9.70. The van der Waals surface area contributed by atoms with Crippen LogP contribution in [0.15, 0.2) is 34.9 Å². The summed E-state index contributed by atoms with van der Waals surface area (Å²) in [7, 11) is 0. The van der Waals surface area contributed by atoms with E-state index in [9.17, 15) is 9.59 Å². The summed E-state index contributed by atoms with van der Waals surface area (Å²) in [5.41, 5.74) is 1.07. The summed E-state index contributed by atoms with van der Waals surface area (Å²) in [6.07, 6.45) is 0. The molecule has 0 unspecified atom stereocenters. The molecule has 9 heteroatoms. The molecule has 0 bridgehead atoms. The lowest BCUT2D eigenvalue weighted by atomic mass is 9.88. The number of hydrogen-bond acceptors (Lipinski definition) is 6. The molecule has 2 rings (SSSR count). The van der Waals surface area contributed by atoms with Gasteiger partial charge in [0.25, 0.3) is 0 Å². The van der Waals surface area contributed by atoms with Crippen LogP contribution in [0.2, 0.25) is 0 Å². The van der Waals surface area contributed by atoms with E-state index in [-0.39, 0.29) is 19.8 Å². The molecule has 1 heterocycles. The topological polar surface area (TPSA) is 85.9 Å². The molecule has 0 radical (unpaired) electrons. The van der Waals surface area contributed by atoms with Crippen LogP contribution >= 0.6 is 28.1 Å². The smallest absolute Gasteiger partial charge is 0.344 e. The molecule has 0 aliphatic carbocycles. The highest BCUT2D eigenvalue weighted by molar-refractivity contribution is 9.10. The number of hydrogen-bond donors (Lipinski definition) is 2. The van der Waals surface area contributed by atoms with E-state index in [1.165, 1.54) is 0 Å². The number of benzene rings is 1. The fourth-order valence-electron chi connectivity index (χ4n) is 2.69. The first-order valence-corrected chi connectivity index (χ1v) is 9.58. The predicted molar refractivity (Wildman–Crippen MR) is 107 cm³/mol. The van der Waals surface area contributed by atoms with Gasteiger partial charge in [-0.15, -0.1) is 0 Å². The summed E-state index contributed by atoms with van der Waals surface area (Å²) in [6.45, 7) is 7.62. The van der Waals surface area contributed by atoms with E-state index in [1.54, 1.807) is 32.0 Å². The molecule has 27 heavy (non-hydrogen) atoms. The number of nitrogens with one attached hydrogen (secondary N) is 2. The summed E-state index contributed by atoms with van der Waals surface area (Å²) in [6, 6.07) is 4.71. The Kier molecular flexibility index (Phi) is 7.61. The lowest BCUT2D eigenvalue weighted by molar-refractivity contribution is -0.148. The van der Waals surface area contributed by atoms with Crippen molar-refractivity contribution in [2.45, 2.75) is 19.9 Å². The first-order chi connectivity index (χ1) is 12.9. The van der Waals surface area contributed by atoms with Crippen LogP contribution in [-0.2, 0) is 19.1 Å². The molecule has 2 atom stereocenters. The van der Waals surface area contributed by atoms with Crippen molar-refractivity contribution in [2.75, 3.05) is 19.8 Å². The molecule has 0 spiro atoms. The molecular weight excluding hydrogens is 436 g/mol. The summed E-state index contributed by atoms with van der Waals surface area (Å²) in [5.74, 6) is -1.22. The number of thiocarbonyl (C=S) groups is 1. The number of halogens is 1. The Bertz CT molecular complexity index is 755. The van der Waals surface area contributed by atoms with Crippen molar-refractivity contribution in [3.63, 3.8) is 0 Å². The van der Waals surface area contributed by atoms with Crippen molar-refractivity contribution in [1.29, 1.82) is 0 Å². The van der Waals surface area contributed by atoms with Gasteiger partial charge in [0.05, 0.1) is 19.3 Å². The minimum absolute atomic E-state index is 0.241. The molecule has 0 amide bonds. The molecule has 146 valence electrons. The van der Waals surface area contributed by atoms with Crippen LogP contribution in [0.5, 0.6) is 5.75 Å². The van der Waals surface area contributed by atoms with Crippen molar-refractivity contribution < 1.29 is 23.8 Å². The number of ether oxygens (including phenoxy) is 3. The van der Waals surface area contributed by atoms with Gasteiger partial charge in [-0.1, -0.05) is 22.5 Å². The molecule has 1 aromatic rings. The minimum Gasteiger partial charge on any atom is -0.482 e. The van der Waals surface area contributed by atoms with Crippen molar-refractivity contribution in [1.82, 2.24) is 10.6 Å². The second-order valence-corrected chi connectivity index (χ2v) is 6.93. The Hall–Kier alpha value is -2.13. The minimum atomic E-state index is -0.726. The van der Waals surface area contributed by atoms with Gasteiger partial charge >= 0.3 is 11.9 Å². The average Bonchev–Trinajstić information content (AvgIpc) is 2.60. The fourth-order valence-corrected chi connectivity index (χ4v) is 3.32. The number of carbonyl (C=O) groups excluding carboxylic acids is 2. The number of carbonyl (C=O) groups is 2. The van der Waals surface area contributed by atoms with Gasteiger partial charge in [-0.05, 0) is 44.3 Å². The van der Waals surface area contributed by atoms with Crippen LogP contribution in [-0.4, -0.2) is 36.9 Å². The molecule has 0 saturated carbocycles. The monoisotopic (exact) mass is 456 g/mol. The summed E-state index contributed by atoms with van der Waals surface area (Å²) in [4.78, 5) is 24.2. The van der Waals surface area contributed by atoms with Gasteiger partial charge < -0.3 is 24.8 Å². The molecule has 7 nitrogen and oxygen atoms in total. The van der Waals surface area contributed by atoms with Gasteiger partial charge in [0, 0.05) is 15.7 Å². The lowest BCUT2D eigenvalue weighted by Gasteiger charge is -2.35. The van der Waals surface area contributed by atoms with Gasteiger partial charge in [-0.3, -0.25) is 4.79 Å². The van der Waals surface area contributed by atoms with Gasteiger partial charge in [-0.25, -0.2) is 4.79 Å². The Morgan fingerprint density at radius 1 is 1.26 bits per heavy atom. The summed E-state index contributed by atoms with van der Waals surface area (Å²) < 4.78 is 16.5. The molecule has 1 aromatic carbocycles. The number of esters is 2. The third-order valence-electron chi connectivity index (χ3n) is 3.77. The maximum Gasteiger partial charge on any atom is 0.344 e. The van der Waals surface area contributed by atoms with E-state index < -0.39 is 23.9 Å². The van der Waals surface area contributed by atoms with Crippen molar-refractivity contribution >= 4 is 45.2 Å². The molecule has 0 aromatic heterocycles. The lowest BCUT2D eigenvalue weighted by Crippen LogP contribution is -2.51. The normalized spacial score (nSPS) is 18.9. The highest BCUT2D eigenvalue weighted by atomic mass is 79.9. The quantitative estimate of drug-likeness (QED) is 0.478. The largest absolute Gasteiger partial charge is 0.482 e. The van der Waals surface area contributed by atoms with Crippen LogP contribution in [0.3, 0.4) is 0 Å². The Morgan fingerprint density at radius 3 is 2.63 bits per heavy atom. The Morgan fingerprint density at radius 2 is 1.96 bits per heavy atom. The molecule has 1 saturated heterocycles. The average molecular weight is 457 g/mol. The third kappa shape index (κ3) is 5.43. The zero-order valence-corrected chi connectivity index (χ0v) is 17.4. The zero-order chi connectivity index (χ0) is 20.0.